The normalized spacial score (nSPS) is 10.3. The zero-order valence-corrected chi connectivity index (χ0v) is 10.3. The second-order valence-corrected chi connectivity index (χ2v) is 3.99. The number of amides is 1. The van der Waals surface area contributed by atoms with Crippen LogP contribution in [0.3, 0.4) is 0 Å². The number of furan rings is 1. The molecule has 0 bridgehead atoms. The minimum atomic E-state index is -0.525. The van der Waals surface area contributed by atoms with Gasteiger partial charge in [-0.2, -0.15) is 0 Å². The van der Waals surface area contributed by atoms with E-state index in [2.05, 4.69) is 10.1 Å². The average molecular weight is 268 g/mol. The molecule has 1 N–H and O–H groups in total. The third kappa shape index (κ3) is 2.62. The molecule has 6 heteroatoms. The zero-order chi connectivity index (χ0) is 13.1. The standard InChI is InChI=1S/C12H10ClNO4/c1-17-11(15)6-14-12(16)10-5-7-4-8(13)2-3-9(7)18-10/h2-5H,6H2,1H3,(H,14,16). The van der Waals surface area contributed by atoms with Gasteiger partial charge in [-0.25, -0.2) is 0 Å². The molecule has 0 fully saturated rings. The smallest absolute Gasteiger partial charge is 0.325 e. The van der Waals surface area contributed by atoms with Gasteiger partial charge in [-0.3, -0.25) is 9.59 Å². The zero-order valence-electron chi connectivity index (χ0n) is 9.53. The van der Waals surface area contributed by atoms with E-state index in [9.17, 15) is 9.59 Å². The Balaban J connectivity index is 2.15. The van der Waals surface area contributed by atoms with Crippen LogP contribution in [0.5, 0.6) is 0 Å². The molecule has 94 valence electrons. The van der Waals surface area contributed by atoms with Crippen molar-refractivity contribution in [2.75, 3.05) is 13.7 Å². The van der Waals surface area contributed by atoms with Crippen LogP contribution in [0.15, 0.2) is 28.7 Å². The van der Waals surface area contributed by atoms with E-state index in [1.165, 1.54) is 7.11 Å². The lowest BCUT2D eigenvalue weighted by Gasteiger charge is -2.00. The fourth-order valence-electron chi connectivity index (χ4n) is 1.44. The molecule has 1 aromatic carbocycles. The summed E-state index contributed by atoms with van der Waals surface area (Å²) in [5.41, 5.74) is 0.558. The molecular weight excluding hydrogens is 258 g/mol. The summed E-state index contributed by atoms with van der Waals surface area (Å²) in [6, 6.07) is 6.60. The number of ether oxygens (including phenoxy) is 1. The van der Waals surface area contributed by atoms with Crippen molar-refractivity contribution in [3.8, 4) is 0 Å². The highest BCUT2D eigenvalue weighted by molar-refractivity contribution is 6.31. The molecular formula is C12H10ClNO4. The maximum absolute atomic E-state index is 11.7. The molecule has 1 amide bonds. The minimum absolute atomic E-state index is 0.121. The van der Waals surface area contributed by atoms with Crippen molar-refractivity contribution in [1.82, 2.24) is 5.32 Å². The molecule has 0 atom stereocenters. The van der Waals surface area contributed by atoms with Crippen LogP contribution in [-0.4, -0.2) is 25.5 Å². The van der Waals surface area contributed by atoms with Crippen molar-refractivity contribution in [1.29, 1.82) is 0 Å². The van der Waals surface area contributed by atoms with Gasteiger partial charge in [0.25, 0.3) is 5.91 Å². The highest BCUT2D eigenvalue weighted by atomic mass is 35.5. The fraction of sp³-hybridized carbons (Fsp3) is 0.167. The van der Waals surface area contributed by atoms with Gasteiger partial charge in [0.1, 0.15) is 12.1 Å². The van der Waals surface area contributed by atoms with Crippen molar-refractivity contribution in [2.24, 2.45) is 0 Å². The lowest BCUT2D eigenvalue weighted by molar-refractivity contribution is -0.139. The van der Waals surface area contributed by atoms with Crippen LogP contribution in [-0.2, 0) is 9.53 Å². The Morgan fingerprint density at radius 1 is 1.39 bits per heavy atom. The number of fused-ring (bicyclic) bond motifs is 1. The van der Waals surface area contributed by atoms with E-state index in [0.29, 0.717) is 10.6 Å². The van der Waals surface area contributed by atoms with Crippen molar-refractivity contribution >= 4 is 34.4 Å². The number of rotatable bonds is 3. The number of nitrogens with one attached hydrogen (secondary N) is 1. The molecule has 0 spiro atoms. The van der Waals surface area contributed by atoms with Crippen LogP contribution in [0.2, 0.25) is 5.02 Å². The lowest BCUT2D eigenvalue weighted by atomic mass is 10.2. The molecule has 2 aromatic rings. The highest BCUT2D eigenvalue weighted by Crippen LogP contribution is 2.22. The van der Waals surface area contributed by atoms with E-state index < -0.39 is 11.9 Å². The summed E-state index contributed by atoms with van der Waals surface area (Å²) in [6.45, 7) is -0.201. The van der Waals surface area contributed by atoms with E-state index >= 15 is 0 Å². The van der Waals surface area contributed by atoms with E-state index in [1.54, 1.807) is 24.3 Å². The largest absolute Gasteiger partial charge is 0.468 e. The predicted octanol–water partition coefficient (Wildman–Crippen LogP) is 1.99. The van der Waals surface area contributed by atoms with Gasteiger partial charge in [0.2, 0.25) is 0 Å². The van der Waals surface area contributed by atoms with E-state index in [-0.39, 0.29) is 12.3 Å². The first-order valence-electron chi connectivity index (χ1n) is 5.14. The minimum Gasteiger partial charge on any atom is -0.468 e. The molecule has 0 radical (unpaired) electrons. The number of carbonyl (C=O) groups excluding carboxylic acids is 2. The van der Waals surface area contributed by atoms with E-state index in [4.69, 9.17) is 16.0 Å². The third-order valence-electron chi connectivity index (χ3n) is 2.32. The molecule has 18 heavy (non-hydrogen) atoms. The molecule has 0 aliphatic heterocycles. The summed E-state index contributed by atoms with van der Waals surface area (Å²) in [6.07, 6.45) is 0. The van der Waals surface area contributed by atoms with Gasteiger partial charge in [0, 0.05) is 10.4 Å². The summed E-state index contributed by atoms with van der Waals surface area (Å²) in [7, 11) is 1.25. The van der Waals surface area contributed by atoms with Gasteiger partial charge in [-0.05, 0) is 24.3 Å². The Morgan fingerprint density at radius 3 is 2.89 bits per heavy atom. The summed E-state index contributed by atoms with van der Waals surface area (Å²) >= 11 is 5.83. The highest BCUT2D eigenvalue weighted by Gasteiger charge is 2.13. The summed E-state index contributed by atoms with van der Waals surface area (Å²) < 4.78 is 9.74. The lowest BCUT2D eigenvalue weighted by Crippen LogP contribution is -2.29. The van der Waals surface area contributed by atoms with Crippen molar-refractivity contribution < 1.29 is 18.7 Å². The molecule has 0 saturated heterocycles. The molecule has 1 aromatic heterocycles. The van der Waals surface area contributed by atoms with Crippen LogP contribution in [0.1, 0.15) is 10.6 Å². The second kappa shape index (κ2) is 5.10. The Hall–Kier alpha value is -2.01. The van der Waals surface area contributed by atoms with Gasteiger partial charge < -0.3 is 14.5 Å². The summed E-state index contributed by atoms with van der Waals surface area (Å²) in [4.78, 5) is 22.6. The van der Waals surface area contributed by atoms with Gasteiger partial charge in [0.15, 0.2) is 5.76 Å². The first-order valence-corrected chi connectivity index (χ1v) is 5.52. The Labute approximate surface area is 108 Å². The Morgan fingerprint density at radius 2 is 2.17 bits per heavy atom. The third-order valence-corrected chi connectivity index (χ3v) is 2.56. The number of esters is 1. The Kier molecular flexibility index (Phi) is 3.53. The predicted molar refractivity (Wildman–Crippen MR) is 65.6 cm³/mol. The number of hydrogen-bond acceptors (Lipinski definition) is 4. The fourth-order valence-corrected chi connectivity index (χ4v) is 1.62. The van der Waals surface area contributed by atoms with Crippen LogP contribution >= 0.6 is 11.6 Å². The second-order valence-electron chi connectivity index (χ2n) is 3.55. The first-order chi connectivity index (χ1) is 8.60. The van der Waals surface area contributed by atoms with E-state index in [1.807, 2.05) is 0 Å². The van der Waals surface area contributed by atoms with E-state index in [0.717, 1.165) is 5.39 Å². The first kappa shape index (κ1) is 12.4. The number of carbonyl (C=O) groups is 2. The monoisotopic (exact) mass is 267 g/mol. The topological polar surface area (TPSA) is 68.5 Å². The van der Waals surface area contributed by atoms with Gasteiger partial charge in [0.05, 0.1) is 7.11 Å². The van der Waals surface area contributed by atoms with Crippen molar-refractivity contribution in [3.05, 3.63) is 35.0 Å². The maximum Gasteiger partial charge on any atom is 0.325 e. The van der Waals surface area contributed by atoms with Crippen molar-refractivity contribution in [2.45, 2.75) is 0 Å². The van der Waals surface area contributed by atoms with Gasteiger partial charge in [-0.15, -0.1) is 0 Å². The van der Waals surface area contributed by atoms with Crippen molar-refractivity contribution in [3.63, 3.8) is 0 Å². The maximum atomic E-state index is 11.7. The number of hydrogen-bond donors (Lipinski definition) is 1. The molecule has 0 aliphatic rings. The quantitative estimate of drug-likeness (QED) is 0.864. The van der Waals surface area contributed by atoms with Gasteiger partial charge >= 0.3 is 5.97 Å². The van der Waals surface area contributed by atoms with Gasteiger partial charge in [-0.1, -0.05) is 11.6 Å². The van der Waals surface area contributed by atoms with Crippen LogP contribution in [0, 0.1) is 0 Å². The molecule has 0 unspecified atom stereocenters. The number of methoxy groups -OCH3 is 1. The Bertz CT molecular complexity index is 605. The molecule has 0 saturated carbocycles. The number of halogens is 1. The molecule has 5 nitrogen and oxygen atoms in total. The number of benzene rings is 1. The SMILES string of the molecule is COC(=O)CNC(=O)c1cc2cc(Cl)ccc2o1. The molecule has 2 rings (SSSR count). The molecule has 0 aliphatic carbocycles. The summed E-state index contributed by atoms with van der Waals surface area (Å²) in [5.74, 6) is -0.883. The summed E-state index contributed by atoms with van der Waals surface area (Å²) in [5, 5.41) is 3.67. The van der Waals surface area contributed by atoms with Crippen LogP contribution < -0.4 is 5.32 Å². The average Bonchev–Trinajstić information content (AvgIpc) is 2.78. The molecule has 1 heterocycles. The van der Waals surface area contributed by atoms with Crippen LogP contribution in [0.25, 0.3) is 11.0 Å². The van der Waals surface area contributed by atoms with Crippen LogP contribution in [0.4, 0.5) is 0 Å².